The molecule has 0 radical (unpaired) electrons. The molecule has 0 saturated carbocycles. The van der Waals surface area contributed by atoms with Gasteiger partial charge in [-0.1, -0.05) is 6.08 Å². The number of aliphatic hydroxyl groups is 1. The number of hydrogen-bond acceptors (Lipinski definition) is 13. The molecule has 0 spiro atoms. The van der Waals surface area contributed by atoms with E-state index in [4.69, 9.17) is 42.6 Å². The first-order chi connectivity index (χ1) is 17.0. The van der Waals surface area contributed by atoms with Gasteiger partial charge in [0.1, 0.15) is 24.4 Å². The van der Waals surface area contributed by atoms with Crippen molar-refractivity contribution in [3.05, 3.63) is 12.7 Å². The lowest BCUT2D eigenvalue weighted by Crippen LogP contribution is -2.65. The third-order valence-electron chi connectivity index (χ3n) is 5.60. The number of ether oxygens (including phenoxy) is 9. The molecule has 13 nitrogen and oxygen atoms in total. The Morgan fingerprint density at radius 1 is 0.833 bits per heavy atom. The summed E-state index contributed by atoms with van der Waals surface area (Å²) in [6.45, 7) is 8.88. The number of aliphatic hydroxyl groups excluding tert-OH is 1. The van der Waals surface area contributed by atoms with Crippen molar-refractivity contribution in [3.63, 3.8) is 0 Å². The maximum absolute atomic E-state index is 12.0. The van der Waals surface area contributed by atoms with Crippen LogP contribution in [0.15, 0.2) is 12.7 Å². The minimum atomic E-state index is -1.35. The average Bonchev–Trinajstić information content (AvgIpc) is 2.79. The van der Waals surface area contributed by atoms with Crippen LogP contribution in [-0.4, -0.2) is 112 Å². The summed E-state index contributed by atoms with van der Waals surface area (Å²) in [7, 11) is 2.77. The van der Waals surface area contributed by atoms with Crippen molar-refractivity contribution in [1.82, 2.24) is 0 Å². The van der Waals surface area contributed by atoms with E-state index in [1.165, 1.54) is 28.1 Å². The summed E-state index contributed by atoms with van der Waals surface area (Å²) in [6, 6.07) is 0. The molecule has 0 aliphatic carbocycles. The molecule has 10 atom stereocenters. The first kappa shape index (κ1) is 30.1. The van der Waals surface area contributed by atoms with Crippen molar-refractivity contribution in [3.8, 4) is 0 Å². The largest absolute Gasteiger partial charge is 0.456 e. The third kappa shape index (κ3) is 7.68. The Labute approximate surface area is 209 Å². The molecule has 1 N–H and O–H groups in total. The van der Waals surface area contributed by atoms with Gasteiger partial charge in [0.05, 0.1) is 19.3 Å². The van der Waals surface area contributed by atoms with Gasteiger partial charge in [-0.15, -0.1) is 6.58 Å². The third-order valence-corrected chi connectivity index (χ3v) is 5.60. The molecule has 36 heavy (non-hydrogen) atoms. The van der Waals surface area contributed by atoms with E-state index in [0.29, 0.717) is 0 Å². The lowest BCUT2D eigenvalue weighted by atomic mass is 9.96. The molecular weight excluding hydrogens is 484 g/mol. The number of methoxy groups -OCH3 is 2. The number of carbonyl (C=O) groups excluding carboxylic acids is 3. The fourth-order valence-corrected chi connectivity index (χ4v) is 4.21. The quantitative estimate of drug-likeness (QED) is 0.166. The number of esters is 3. The predicted molar refractivity (Wildman–Crippen MR) is 119 cm³/mol. The average molecular weight is 521 g/mol. The molecule has 2 rings (SSSR count). The van der Waals surface area contributed by atoms with E-state index < -0.39 is 79.3 Å². The van der Waals surface area contributed by atoms with E-state index in [1.54, 1.807) is 13.0 Å². The van der Waals surface area contributed by atoms with E-state index in [0.717, 1.165) is 6.92 Å². The van der Waals surface area contributed by atoms with E-state index in [2.05, 4.69) is 6.58 Å². The molecule has 0 aromatic carbocycles. The minimum Gasteiger partial charge on any atom is -0.456 e. The summed E-state index contributed by atoms with van der Waals surface area (Å²) in [4.78, 5) is 35.6. The molecule has 2 aliphatic rings. The molecule has 0 aromatic rings. The van der Waals surface area contributed by atoms with Crippen LogP contribution in [0.1, 0.15) is 27.7 Å². The molecule has 0 bridgehead atoms. The fraction of sp³-hybridized carbons (Fsp3) is 0.783. The van der Waals surface area contributed by atoms with Gasteiger partial charge in [-0.3, -0.25) is 14.4 Å². The molecule has 0 amide bonds. The summed E-state index contributed by atoms with van der Waals surface area (Å²) in [5.41, 5.74) is 0. The van der Waals surface area contributed by atoms with Crippen molar-refractivity contribution < 1.29 is 62.1 Å². The molecule has 206 valence electrons. The molecule has 0 unspecified atom stereocenters. The first-order valence-corrected chi connectivity index (χ1v) is 11.4. The van der Waals surface area contributed by atoms with Crippen LogP contribution < -0.4 is 0 Å². The first-order valence-electron chi connectivity index (χ1n) is 11.4. The second-order valence-corrected chi connectivity index (χ2v) is 8.32. The van der Waals surface area contributed by atoms with Crippen molar-refractivity contribution in [2.75, 3.05) is 27.4 Å². The Bertz CT molecular complexity index is 758. The Hall–Kier alpha value is -2.13. The molecule has 2 saturated heterocycles. The number of hydrogen-bond donors (Lipinski definition) is 1. The standard InChI is InChI=1S/C23H36O13/c1-8-9-30-10-15-17(18(28-6)20(29-7)22(27)35-15)36-23-21(34-14(5)26)19(33-13(4)25)16(11(2)31-23)32-12(3)24/h8,11,15-23,27H,1,9-10H2,2-7H3/t11-,15+,16-,17-,18-,19+,20+,21+,22-,23-/m0/s1. The van der Waals surface area contributed by atoms with Gasteiger partial charge in [-0.2, -0.15) is 0 Å². The number of rotatable bonds is 11. The van der Waals surface area contributed by atoms with Crippen LogP contribution in [0, 0.1) is 0 Å². The lowest BCUT2D eigenvalue weighted by molar-refractivity contribution is -0.357. The normalized spacial score (nSPS) is 36.5. The van der Waals surface area contributed by atoms with Crippen molar-refractivity contribution in [2.45, 2.75) is 89.1 Å². The van der Waals surface area contributed by atoms with Gasteiger partial charge in [0.25, 0.3) is 0 Å². The zero-order valence-corrected chi connectivity index (χ0v) is 21.3. The summed E-state index contributed by atoms with van der Waals surface area (Å²) < 4.78 is 50.5. The van der Waals surface area contributed by atoms with Crippen molar-refractivity contribution in [1.29, 1.82) is 0 Å². The van der Waals surface area contributed by atoms with Crippen LogP contribution in [0.4, 0.5) is 0 Å². The monoisotopic (exact) mass is 520 g/mol. The Morgan fingerprint density at radius 3 is 1.92 bits per heavy atom. The molecule has 2 fully saturated rings. The maximum atomic E-state index is 12.0. The van der Waals surface area contributed by atoms with Gasteiger partial charge in [0.15, 0.2) is 30.9 Å². The van der Waals surface area contributed by atoms with Gasteiger partial charge >= 0.3 is 17.9 Å². The fourth-order valence-electron chi connectivity index (χ4n) is 4.21. The van der Waals surface area contributed by atoms with Crippen LogP contribution in [0.3, 0.4) is 0 Å². The predicted octanol–water partition coefficient (Wildman–Crippen LogP) is -0.139. The zero-order chi connectivity index (χ0) is 27.0. The highest BCUT2D eigenvalue weighted by molar-refractivity contribution is 5.68. The van der Waals surface area contributed by atoms with Crippen LogP contribution >= 0.6 is 0 Å². The Morgan fingerprint density at radius 2 is 1.39 bits per heavy atom. The number of carbonyl (C=O) groups is 3. The highest BCUT2D eigenvalue weighted by Gasteiger charge is 2.54. The van der Waals surface area contributed by atoms with E-state index in [-0.39, 0.29) is 13.2 Å². The minimum absolute atomic E-state index is 0.0198. The molecule has 13 heteroatoms. The SMILES string of the molecule is C=CCOC[C@H]1O[C@H](O)[C@H](OC)[C@@H](OC)[C@H]1O[C@@H]1O[C@@H](C)[C@H](OC(C)=O)[C@@H](OC(C)=O)[C@H]1OC(C)=O. The van der Waals surface area contributed by atoms with E-state index in [9.17, 15) is 19.5 Å². The zero-order valence-electron chi connectivity index (χ0n) is 21.3. The van der Waals surface area contributed by atoms with Crippen LogP contribution in [0.2, 0.25) is 0 Å². The van der Waals surface area contributed by atoms with Gasteiger partial charge in [0, 0.05) is 35.0 Å². The van der Waals surface area contributed by atoms with Crippen LogP contribution in [-0.2, 0) is 57.0 Å². The van der Waals surface area contributed by atoms with Crippen LogP contribution in [0.5, 0.6) is 0 Å². The highest BCUT2D eigenvalue weighted by Crippen LogP contribution is 2.34. The van der Waals surface area contributed by atoms with Crippen molar-refractivity contribution in [2.24, 2.45) is 0 Å². The Balaban J connectivity index is 2.43. The smallest absolute Gasteiger partial charge is 0.303 e. The summed E-state index contributed by atoms with van der Waals surface area (Å²) in [5.74, 6) is -2.06. The highest BCUT2D eigenvalue weighted by atomic mass is 16.8. The van der Waals surface area contributed by atoms with Gasteiger partial charge in [-0.25, -0.2) is 0 Å². The van der Waals surface area contributed by atoms with Gasteiger partial charge < -0.3 is 47.7 Å². The van der Waals surface area contributed by atoms with Crippen LogP contribution in [0.25, 0.3) is 0 Å². The summed E-state index contributed by atoms with van der Waals surface area (Å²) in [6.07, 6.45) is -9.26. The van der Waals surface area contributed by atoms with Gasteiger partial charge in [-0.05, 0) is 6.92 Å². The lowest BCUT2D eigenvalue weighted by Gasteiger charge is -2.48. The van der Waals surface area contributed by atoms with Crippen molar-refractivity contribution >= 4 is 17.9 Å². The Kier molecular flexibility index (Phi) is 11.7. The molecular formula is C23H36O13. The topological polar surface area (TPSA) is 155 Å². The van der Waals surface area contributed by atoms with E-state index >= 15 is 0 Å². The molecule has 0 aromatic heterocycles. The molecule has 2 heterocycles. The second kappa shape index (κ2) is 14.0. The second-order valence-electron chi connectivity index (χ2n) is 8.32. The van der Waals surface area contributed by atoms with Gasteiger partial charge in [0.2, 0.25) is 0 Å². The van der Waals surface area contributed by atoms with E-state index in [1.807, 2.05) is 0 Å². The molecule has 2 aliphatic heterocycles. The summed E-state index contributed by atoms with van der Waals surface area (Å²) in [5, 5.41) is 10.4. The maximum Gasteiger partial charge on any atom is 0.303 e. The summed E-state index contributed by atoms with van der Waals surface area (Å²) >= 11 is 0.